The van der Waals surface area contributed by atoms with Gasteiger partial charge in [-0.3, -0.25) is 9.18 Å². The molecule has 0 heterocycles. The second kappa shape index (κ2) is 4.47. The minimum absolute atomic E-state index is 0.279. The van der Waals surface area contributed by atoms with Gasteiger partial charge in [-0.1, -0.05) is 12.8 Å². The minimum Gasteiger partial charge on any atom is -0.299 e. The van der Waals surface area contributed by atoms with Crippen LogP contribution in [0.2, 0.25) is 0 Å². The molecule has 1 nitrogen and oxygen atoms in total. The Bertz CT molecular complexity index is 128. The van der Waals surface area contributed by atoms with Crippen LogP contribution in [0.3, 0.4) is 0 Å². The van der Waals surface area contributed by atoms with Crippen molar-refractivity contribution in [3.8, 4) is 0 Å². The summed E-state index contributed by atoms with van der Waals surface area (Å²) >= 11 is 0. The summed E-state index contributed by atoms with van der Waals surface area (Å²) in [6.07, 6.45) is 5.35. The predicted octanol–water partition coefficient (Wildman–Crippen LogP) is 2.50. The molecule has 0 aliphatic heterocycles. The van der Waals surface area contributed by atoms with E-state index in [1.165, 1.54) is 12.8 Å². The van der Waals surface area contributed by atoms with Crippen molar-refractivity contribution < 1.29 is 9.18 Å². The van der Waals surface area contributed by atoms with Crippen LogP contribution in [-0.4, -0.2) is 12.5 Å². The van der Waals surface area contributed by atoms with E-state index in [1.807, 2.05) is 0 Å². The normalized spacial score (nSPS) is 19.0. The number of hydrogen-bond acceptors (Lipinski definition) is 1. The lowest BCUT2D eigenvalue weighted by atomic mass is 9.99. The highest BCUT2D eigenvalue weighted by Crippen LogP contribution is 2.26. The number of ketones is 1. The fourth-order valence-electron chi connectivity index (χ4n) is 1.69. The number of alkyl halides is 1. The molecule has 11 heavy (non-hydrogen) atoms. The molecule has 0 saturated heterocycles. The summed E-state index contributed by atoms with van der Waals surface area (Å²) < 4.78 is 11.7. The summed E-state index contributed by atoms with van der Waals surface area (Å²) in [5, 5.41) is 0. The molecule has 1 aliphatic rings. The van der Waals surface area contributed by atoms with Crippen molar-refractivity contribution in [1.29, 1.82) is 0 Å². The van der Waals surface area contributed by atoms with E-state index in [0.717, 1.165) is 12.8 Å². The SMILES string of the molecule is O=C(CCCF)C1CCCC1. The third-order valence-electron chi connectivity index (χ3n) is 2.37. The minimum atomic E-state index is -0.349. The van der Waals surface area contributed by atoms with Crippen molar-refractivity contribution in [2.75, 3.05) is 6.67 Å². The molecule has 0 aromatic carbocycles. The molecule has 0 spiro atoms. The molecule has 2 heteroatoms. The average Bonchev–Trinajstić information content (AvgIpc) is 2.52. The monoisotopic (exact) mass is 158 g/mol. The summed E-state index contributed by atoms with van der Waals surface area (Å²) in [7, 11) is 0. The lowest BCUT2D eigenvalue weighted by molar-refractivity contribution is -0.122. The van der Waals surface area contributed by atoms with Gasteiger partial charge in [0.05, 0.1) is 6.67 Å². The molecule has 0 radical (unpaired) electrons. The summed E-state index contributed by atoms with van der Waals surface area (Å²) in [6, 6.07) is 0. The summed E-state index contributed by atoms with van der Waals surface area (Å²) in [4.78, 5) is 11.2. The van der Waals surface area contributed by atoms with Gasteiger partial charge in [0.15, 0.2) is 0 Å². The predicted molar refractivity (Wildman–Crippen MR) is 42.2 cm³/mol. The van der Waals surface area contributed by atoms with E-state index in [1.54, 1.807) is 0 Å². The third kappa shape index (κ3) is 2.60. The van der Waals surface area contributed by atoms with Gasteiger partial charge in [0.1, 0.15) is 5.78 Å². The molecule has 0 aromatic heterocycles. The first kappa shape index (κ1) is 8.69. The van der Waals surface area contributed by atoms with Gasteiger partial charge in [-0.2, -0.15) is 0 Å². The molecule has 0 unspecified atom stereocenters. The molecular weight excluding hydrogens is 143 g/mol. The topological polar surface area (TPSA) is 17.1 Å². The first-order valence-corrected chi connectivity index (χ1v) is 4.43. The number of carbonyl (C=O) groups excluding carboxylic acids is 1. The Morgan fingerprint density at radius 2 is 2.00 bits per heavy atom. The Morgan fingerprint density at radius 3 is 2.55 bits per heavy atom. The molecular formula is C9H15FO. The zero-order valence-electron chi connectivity index (χ0n) is 6.81. The van der Waals surface area contributed by atoms with Gasteiger partial charge in [-0.05, 0) is 19.3 Å². The van der Waals surface area contributed by atoms with Crippen molar-refractivity contribution >= 4 is 5.78 Å². The second-order valence-electron chi connectivity index (χ2n) is 3.24. The van der Waals surface area contributed by atoms with Gasteiger partial charge < -0.3 is 0 Å². The number of carbonyl (C=O) groups is 1. The van der Waals surface area contributed by atoms with Crippen LogP contribution < -0.4 is 0 Å². The standard InChI is InChI=1S/C9H15FO/c10-7-3-6-9(11)8-4-1-2-5-8/h8H,1-7H2. The molecule has 0 N–H and O–H groups in total. The number of hydrogen-bond donors (Lipinski definition) is 0. The highest BCUT2D eigenvalue weighted by atomic mass is 19.1. The zero-order chi connectivity index (χ0) is 8.10. The Hall–Kier alpha value is -0.400. The number of Topliss-reactive ketones (excluding diaryl/α,β-unsaturated/α-hetero) is 1. The maximum atomic E-state index is 11.7. The van der Waals surface area contributed by atoms with E-state index in [2.05, 4.69) is 0 Å². The highest BCUT2D eigenvalue weighted by molar-refractivity contribution is 5.81. The number of rotatable bonds is 4. The largest absolute Gasteiger partial charge is 0.299 e. The quantitative estimate of drug-likeness (QED) is 0.614. The lowest BCUT2D eigenvalue weighted by Crippen LogP contribution is -2.10. The lowest BCUT2D eigenvalue weighted by Gasteiger charge is -2.05. The van der Waals surface area contributed by atoms with Gasteiger partial charge in [-0.15, -0.1) is 0 Å². The van der Waals surface area contributed by atoms with E-state index >= 15 is 0 Å². The molecule has 1 aliphatic carbocycles. The molecule has 0 amide bonds. The van der Waals surface area contributed by atoms with E-state index in [-0.39, 0.29) is 12.6 Å². The van der Waals surface area contributed by atoms with Crippen LogP contribution >= 0.6 is 0 Å². The highest BCUT2D eigenvalue weighted by Gasteiger charge is 2.21. The van der Waals surface area contributed by atoms with Gasteiger partial charge in [0, 0.05) is 12.3 Å². The first-order chi connectivity index (χ1) is 5.34. The summed E-state index contributed by atoms with van der Waals surface area (Å²) in [5.74, 6) is 0.571. The van der Waals surface area contributed by atoms with Crippen LogP contribution in [0, 0.1) is 5.92 Å². The van der Waals surface area contributed by atoms with Crippen LogP contribution in [0.1, 0.15) is 38.5 Å². The Balaban J connectivity index is 2.17. The molecule has 1 fully saturated rings. The molecule has 1 rings (SSSR count). The van der Waals surface area contributed by atoms with Crippen LogP contribution in [0.15, 0.2) is 0 Å². The Labute approximate surface area is 67.0 Å². The molecule has 64 valence electrons. The van der Waals surface area contributed by atoms with Crippen LogP contribution in [-0.2, 0) is 4.79 Å². The van der Waals surface area contributed by atoms with Crippen molar-refractivity contribution in [3.05, 3.63) is 0 Å². The summed E-state index contributed by atoms with van der Waals surface area (Å²) in [5.41, 5.74) is 0. The first-order valence-electron chi connectivity index (χ1n) is 4.43. The van der Waals surface area contributed by atoms with E-state index in [9.17, 15) is 9.18 Å². The third-order valence-corrected chi connectivity index (χ3v) is 2.37. The van der Waals surface area contributed by atoms with Crippen LogP contribution in [0.25, 0.3) is 0 Å². The van der Waals surface area contributed by atoms with Gasteiger partial charge in [-0.25, -0.2) is 0 Å². The van der Waals surface area contributed by atoms with Crippen molar-refractivity contribution in [2.24, 2.45) is 5.92 Å². The maximum Gasteiger partial charge on any atom is 0.136 e. The Morgan fingerprint density at radius 1 is 1.36 bits per heavy atom. The average molecular weight is 158 g/mol. The van der Waals surface area contributed by atoms with E-state index in [0.29, 0.717) is 18.6 Å². The summed E-state index contributed by atoms with van der Waals surface area (Å²) in [6.45, 7) is -0.349. The molecule has 0 aromatic rings. The Kier molecular flexibility index (Phi) is 3.53. The fraction of sp³-hybridized carbons (Fsp3) is 0.889. The van der Waals surface area contributed by atoms with Crippen LogP contribution in [0.4, 0.5) is 4.39 Å². The fourth-order valence-corrected chi connectivity index (χ4v) is 1.69. The van der Waals surface area contributed by atoms with Crippen molar-refractivity contribution in [2.45, 2.75) is 38.5 Å². The van der Waals surface area contributed by atoms with E-state index < -0.39 is 0 Å². The number of halogens is 1. The molecule has 0 bridgehead atoms. The van der Waals surface area contributed by atoms with Gasteiger partial charge in [0.25, 0.3) is 0 Å². The van der Waals surface area contributed by atoms with Gasteiger partial charge >= 0.3 is 0 Å². The van der Waals surface area contributed by atoms with Crippen molar-refractivity contribution in [1.82, 2.24) is 0 Å². The smallest absolute Gasteiger partial charge is 0.136 e. The van der Waals surface area contributed by atoms with Gasteiger partial charge in [0.2, 0.25) is 0 Å². The molecule has 0 atom stereocenters. The van der Waals surface area contributed by atoms with Crippen molar-refractivity contribution in [3.63, 3.8) is 0 Å². The second-order valence-corrected chi connectivity index (χ2v) is 3.24. The molecule has 1 saturated carbocycles. The van der Waals surface area contributed by atoms with Crippen LogP contribution in [0.5, 0.6) is 0 Å². The van der Waals surface area contributed by atoms with E-state index in [4.69, 9.17) is 0 Å². The maximum absolute atomic E-state index is 11.7. The zero-order valence-corrected chi connectivity index (χ0v) is 6.81.